The minimum Gasteiger partial charge on any atom is -0.480 e. The fourth-order valence-corrected chi connectivity index (χ4v) is 2.72. The van der Waals surface area contributed by atoms with Gasteiger partial charge in [-0.2, -0.15) is 0 Å². The van der Waals surface area contributed by atoms with Crippen LogP contribution in [0.25, 0.3) is 0 Å². The van der Waals surface area contributed by atoms with Gasteiger partial charge in [-0.1, -0.05) is 44.9 Å². The lowest BCUT2D eigenvalue weighted by atomic mass is 10.0. The normalized spacial score (nSPS) is 18.2. The Labute approximate surface area is 108 Å². The third-order valence-electron chi connectivity index (χ3n) is 3.99. The van der Waals surface area contributed by atoms with Crippen LogP contribution in [-0.4, -0.2) is 23.7 Å². The lowest BCUT2D eigenvalue weighted by Gasteiger charge is -2.28. The van der Waals surface area contributed by atoms with Crippen molar-refractivity contribution < 1.29 is 9.90 Å². The number of nitrogens with zero attached hydrogens (tertiary/aromatic N) is 1. The van der Waals surface area contributed by atoms with E-state index in [4.69, 9.17) is 0 Å². The van der Waals surface area contributed by atoms with Crippen molar-refractivity contribution in [1.29, 1.82) is 0 Å². The van der Waals surface area contributed by atoms with Crippen molar-refractivity contribution in [1.82, 2.24) is 0 Å². The summed E-state index contributed by atoms with van der Waals surface area (Å²) in [4.78, 5) is 13.5. The molecule has 18 heavy (non-hydrogen) atoms. The lowest BCUT2D eigenvalue weighted by Crippen LogP contribution is -2.41. The van der Waals surface area contributed by atoms with Gasteiger partial charge in [0.15, 0.2) is 0 Å². The van der Waals surface area contributed by atoms with Crippen LogP contribution in [0.2, 0.25) is 0 Å². The zero-order valence-corrected chi connectivity index (χ0v) is 11.1. The molecule has 0 amide bonds. The maximum Gasteiger partial charge on any atom is 0.326 e. The minimum absolute atomic E-state index is 0.386. The number of aliphatic carboxylic acids is 1. The molecule has 3 nitrogen and oxygen atoms in total. The van der Waals surface area contributed by atoms with E-state index in [0.717, 1.165) is 30.6 Å². The van der Waals surface area contributed by atoms with E-state index in [1.54, 1.807) is 0 Å². The molecule has 1 heterocycles. The van der Waals surface area contributed by atoms with Crippen LogP contribution in [0.1, 0.15) is 32.3 Å². The lowest BCUT2D eigenvalue weighted by molar-refractivity contribution is -0.138. The van der Waals surface area contributed by atoms with Gasteiger partial charge in [0.25, 0.3) is 0 Å². The maximum atomic E-state index is 11.4. The summed E-state index contributed by atoms with van der Waals surface area (Å²) in [6.45, 7) is 5.19. The van der Waals surface area contributed by atoms with Gasteiger partial charge >= 0.3 is 5.97 Å². The molecule has 0 fully saturated rings. The van der Waals surface area contributed by atoms with E-state index in [-0.39, 0.29) is 6.04 Å². The molecule has 0 radical (unpaired) electrons. The quantitative estimate of drug-likeness (QED) is 0.869. The van der Waals surface area contributed by atoms with E-state index in [9.17, 15) is 9.90 Å². The highest BCUT2D eigenvalue weighted by atomic mass is 16.4. The first-order valence-corrected chi connectivity index (χ1v) is 6.74. The first-order valence-electron chi connectivity index (χ1n) is 6.74. The summed E-state index contributed by atoms with van der Waals surface area (Å²) in [5.41, 5.74) is 2.27. The molecule has 1 unspecified atom stereocenters. The third kappa shape index (κ3) is 2.35. The van der Waals surface area contributed by atoms with Crippen molar-refractivity contribution in [3.8, 4) is 0 Å². The van der Waals surface area contributed by atoms with Gasteiger partial charge in [0.2, 0.25) is 0 Å². The molecular formula is C15H21NO2. The highest BCUT2D eigenvalue weighted by Crippen LogP contribution is 2.33. The topological polar surface area (TPSA) is 40.5 Å². The van der Waals surface area contributed by atoms with Crippen molar-refractivity contribution in [3.05, 3.63) is 29.8 Å². The summed E-state index contributed by atoms with van der Waals surface area (Å²) in [6.07, 6.45) is 2.83. The molecular weight excluding hydrogens is 226 g/mol. The van der Waals surface area contributed by atoms with E-state index in [0.29, 0.717) is 12.3 Å². The number of para-hydroxylation sites is 1. The number of hydrogen-bond acceptors (Lipinski definition) is 2. The number of carbonyl (C=O) groups is 1. The number of benzene rings is 1. The molecule has 3 heteroatoms. The van der Waals surface area contributed by atoms with Gasteiger partial charge in [0.1, 0.15) is 6.04 Å². The second-order valence-electron chi connectivity index (χ2n) is 5.02. The Bertz CT molecular complexity index is 426. The summed E-state index contributed by atoms with van der Waals surface area (Å²) in [5.74, 6) is -0.143. The SMILES string of the molecule is CCC(CC)CN1c2ccccc2CC1C(=O)O. The number of anilines is 1. The van der Waals surface area contributed by atoms with Crippen molar-refractivity contribution in [2.45, 2.75) is 39.2 Å². The van der Waals surface area contributed by atoms with Gasteiger partial charge in [-0.25, -0.2) is 4.79 Å². The predicted molar refractivity (Wildman–Crippen MR) is 73.0 cm³/mol. The number of hydrogen-bond donors (Lipinski definition) is 1. The van der Waals surface area contributed by atoms with Gasteiger partial charge in [-0.05, 0) is 17.5 Å². The van der Waals surface area contributed by atoms with Crippen LogP contribution >= 0.6 is 0 Å². The van der Waals surface area contributed by atoms with Gasteiger partial charge in [-0.3, -0.25) is 0 Å². The standard InChI is InChI=1S/C15H21NO2/c1-3-11(4-2)10-16-13-8-6-5-7-12(13)9-14(16)15(17)18/h5-8,11,14H,3-4,9-10H2,1-2H3,(H,17,18). The summed E-state index contributed by atoms with van der Waals surface area (Å²) >= 11 is 0. The van der Waals surface area contributed by atoms with Gasteiger partial charge < -0.3 is 10.0 Å². The number of carboxylic acids is 1. The van der Waals surface area contributed by atoms with Crippen LogP contribution in [0.5, 0.6) is 0 Å². The Hall–Kier alpha value is -1.51. The zero-order valence-electron chi connectivity index (χ0n) is 11.1. The first kappa shape index (κ1) is 12.9. The second kappa shape index (κ2) is 5.42. The van der Waals surface area contributed by atoms with Crippen LogP contribution in [0.15, 0.2) is 24.3 Å². The van der Waals surface area contributed by atoms with E-state index in [1.807, 2.05) is 24.3 Å². The van der Waals surface area contributed by atoms with E-state index < -0.39 is 5.97 Å². The largest absolute Gasteiger partial charge is 0.480 e. The third-order valence-corrected chi connectivity index (χ3v) is 3.99. The molecule has 2 rings (SSSR count). The molecule has 1 aliphatic heterocycles. The Kier molecular flexibility index (Phi) is 3.90. The van der Waals surface area contributed by atoms with E-state index >= 15 is 0 Å². The van der Waals surface area contributed by atoms with Crippen LogP contribution in [0, 0.1) is 5.92 Å². The summed E-state index contributed by atoms with van der Waals surface area (Å²) in [5, 5.41) is 9.37. The second-order valence-corrected chi connectivity index (χ2v) is 5.02. The molecule has 0 aromatic heterocycles. The van der Waals surface area contributed by atoms with Gasteiger partial charge in [0, 0.05) is 18.7 Å². The molecule has 1 aromatic rings. The first-order chi connectivity index (χ1) is 8.67. The fraction of sp³-hybridized carbons (Fsp3) is 0.533. The molecule has 1 aromatic carbocycles. The van der Waals surface area contributed by atoms with Crippen molar-refractivity contribution in [2.75, 3.05) is 11.4 Å². The van der Waals surface area contributed by atoms with Crippen molar-refractivity contribution in [3.63, 3.8) is 0 Å². The molecule has 98 valence electrons. The molecule has 1 atom stereocenters. The average Bonchev–Trinajstić information content (AvgIpc) is 2.75. The average molecular weight is 247 g/mol. The number of carboxylic acid groups (broad SMARTS) is 1. The Morgan fingerprint density at radius 3 is 2.67 bits per heavy atom. The molecule has 0 bridgehead atoms. The summed E-state index contributed by atoms with van der Waals surface area (Å²) < 4.78 is 0. The maximum absolute atomic E-state index is 11.4. The highest BCUT2D eigenvalue weighted by molar-refractivity contribution is 5.82. The number of rotatable bonds is 5. The monoisotopic (exact) mass is 247 g/mol. The summed E-state index contributed by atoms with van der Waals surface area (Å²) in [7, 11) is 0. The zero-order chi connectivity index (χ0) is 13.1. The summed E-state index contributed by atoms with van der Waals surface area (Å²) in [6, 6.07) is 7.67. The van der Waals surface area contributed by atoms with Gasteiger partial charge in [0.05, 0.1) is 0 Å². The molecule has 0 saturated heterocycles. The van der Waals surface area contributed by atoms with E-state index in [1.165, 1.54) is 0 Å². The van der Waals surface area contributed by atoms with Crippen molar-refractivity contribution in [2.24, 2.45) is 5.92 Å². The van der Waals surface area contributed by atoms with Gasteiger partial charge in [-0.15, -0.1) is 0 Å². The minimum atomic E-state index is -0.711. The van der Waals surface area contributed by atoms with Crippen molar-refractivity contribution >= 4 is 11.7 Å². The molecule has 0 spiro atoms. The van der Waals surface area contributed by atoms with E-state index in [2.05, 4.69) is 18.7 Å². The highest BCUT2D eigenvalue weighted by Gasteiger charge is 2.34. The van der Waals surface area contributed by atoms with Crippen LogP contribution in [0.3, 0.4) is 0 Å². The van der Waals surface area contributed by atoms with Crippen LogP contribution in [0.4, 0.5) is 5.69 Å². The Morgan fingerprint density at radius 1 is 1.39 bits per heavy atom. The molecule has 1 aliphatic rings. The fourth-order valence-electron chi connectivity index (χ4n) is 2.72. The smallest absolute Gasteiger partial charge is 0.326 e. The Balaban J connectivity index is 2.25. The van der Waals surface area contributed by atoms with Crippen LogP contribution in [-0.2, 0) is 11.2 Å². The number of fused-ring (bicyclic) bond motifs is 1. The Morgan fingerprint density at radius 2 is 2.06 bits per heavy atom. The molecule has 0 saturated carbocycles. The van der Waals surface area contributed by atoms with Crippen LogP contribution < -0.4 is 4.90 Å². The molecule has 0 aliphatic carbocycles. The predicted octanol–water partition coefficient (Wildman–Crippen LogP) is 2.94. The molecule has 1 N–H and O–H groups in total.